The number of halogens is 1. The van der Waals surface area contributed by atoms with Gasteiger partial charge in [0.25, 0.3) is 0 Å². The first kappa shape index (κ1) is 15.9. The lowest BCUT2D eigenvalue weighted by atomic mass is 9.86. The largest absolute Gasteiger partial charge is 0.457 e. The maximum absolute atomic E-state index is 6.16. The molecule has 3 heteroatoms. The molecule has 0 aliphatic carbocycles. The van der Waals surface area contributed by atoms with Crippen LogP contribution >= 0.6 is 11.6 Å². The number of hydrogen-bond donors (Lipinski definition) is 1. The van der Waals surface area contributed by atoms with Crippen molar-refractivity contribution in [3.05, 3.63) is 58.1 Å². The van der Waals surface area contributed by atoms with Gasteiger partial charge in [0.1, 0.15) is 11.5 Å². The van der Waals surface area contributed by atoms with E-state index in [0.717, 1.165) is 22.6 Å². The molecular formula is C18H22ClNO. The average molecular weight is 304 g/mol. The van der Waals surface area contributed by atoms with Crippen LogP contribution in [0.2, 0.25) is 5.02 Å². The van der Waals surface area contributed by atoms with Gasteiger partial charge in [-0.15, -0.1) is 0 Å². The first-order valence-electron chi connectivity index (χ1n) is 7.09. The van der Waals surface area contributed by atoms with Crippen LogP contribution in [0.3, 0.4) is 0 Å². The van der Waals surface area contributed by atoms with Gasteiger partial charge in [-0.2, -0.15) is 0 Å². The normalized spacial score (nSPS) is 11.5. The van der Waals surface area contributed by atoms with Crippen LogP contribution in [0.5, 0.6) is 11.5 Å². The Hall–Kier alpha value is -1.51. The van der Waals surface area contributed by atoms with Gasteiger partial charge in [0.05, 0.1) is 0 Å². The number of aryl methyl sites for hydroxylation is 1. The summed E-state index contributed by atoms with van der Waals surface area (Å²) in [5, 5.41) is 0.638. The van der Waals surface area contributed by atoms with Crippen molar-refractivity contribution in [3.63, 3.8) is 0 Å². The molecule has 0 heterocycles. The van der Waals surface area contributed by atoms with Crippen molar-refractivity contribution in [2.45, 2.75) is 39.7 Å². The Kier molecular flexibility index (Phi) is 4.60. The molecule has 0 amide bonds. The number of benzene rings is 2. The molecule has 2 nitrogen and oxygen atoms in total. The highest BCUT2D eigenvalue weighted by atomic mass is 35.5. The minimum atomic E-state index is 0.127. The summed E-state index contributed by atoms with van der Waals surface area (Å²) < 4.78 is 6.02. The second-order valence-corrected chi connectivity index (χ2v) is 6.66. The standard InChI is InChI=1S/C18H22ClNO/c1-12-10-13(18(2,3)4)8-9-16(12)21-17-7-5-6-15(19)14(17)11-20/h5-10H,11,20H2,1-4H3. The van der Waals surface area contributed by atoms with E-state index in [4.69, 9.17) is 22.1 Å². The Morgan fingerprint density at radius 3 is 2.38 bits per heavy atom. The molecule has 0 aliphatic rings. The molecular weight excluding hydrogens is 282 g/mol. The first-order valence-corrected chi connectivity index (χ1v) is 7.47. The molecule has 2 rings (SSSR count). The summed E-state index contributed by atoms with van der Waals surface area (Å²) in [4.78, 5) is 0. The van der Waals surface area contributed by atoms with Gasteiger partial charge in [-0.05, 0) is 41.7 Å². The second-order valence-electron chi connectivity index (χ2n) is 6.25. The van der Waals surface area contributed by atoms with Crippen molar-refractivity contribution < 1.29 is 4.74 Å². The highest BCUT2D eigenvalue weighted by Crippen LogP contribution is 2.33. The van der Waals surface area contributed by atoms with Gasteiger partial charge in [-0.3, -0.25) is 0 Å². The van der Waals surface area contributed by atoms with Crippen LogP contribution in [0.25, 0.3) is 0 Å². The minimum absolute atomic E-state index is 0.127. The SMILES string of the molecule is Cc1cc(C(C)(C)C)ccc1Oc1cccc(Cl)c1CN. The fourth-order valence-electron chi connectivity index (χ4n) is 2.18. The Bertz CT molecular complexity index is 644. The van der Waals surface area contributed by atoms with E-state index in [2.05, 4.69) is 39.8 Å². The zero-order chi connectivity index (χ0) is 15.6. The van der Waals surface area contributed by atoms with E-state index in [1.165, 1.54) is 5.56 Å². The van der Waals surface area contributed by atoms with Crippen LogP contribution in [0, 0.1) is 6.92 Å². The highest BCUT2D eigenvalue weighted by molar-refractivity contribution is 6.31. The summed E-state index contributed by atoms with van der Waals surface area (Å²) in [6.45, 7) is 9.01. The Balaban J connectivity index is 2.35. The third-order valence-corrected chi connectivity index (χ3v) is 3.89. The number of ether oxygens (including phenoxy) is 1. The molecule has 2 N–H and O–H groups in total. The molecule has 0 radical (unpaired) electrons. The average Bonchev–Trinajstić information content (AvgIpc) is 2.40. The Morgan fingerprint density at radius 2 is 1.81 bits per heavy atom. The van der Waals surface area contributed by atoms with Crippen LogP contribution in [-0.4, -0.2) is 0 Å². The van der Waals surface area contributed by atoms with Crippen molar-refractivity contribution in [3.8, 4) is 11.5 Å². The van der Waals surface area contributed by atoms with Gasteiger partial charge in [-0.25, -0.2) is 0 Å². The number of hydrogen-bond acceptors (Lipinski definition) is 2. The van der Waals surface area contributed by atoms with Crippen molar-refractivity contribution >= 4 is 11.6 Å². The highest BCUT2D eigenvalue weighted by Gasteiger charge is 2.15. The summed E-state index contributed by atoms with van der Waals surface area (Å²) in [6, 6.07) is 11.9. The lowest BCUT2D eigenvalue weighted by Gasteiger charge is -2.21. The van der Waals surface area contributed by atoms with E-state index in [-0.39, 0.29) is 5.41 Å². The maximum Gasteiger partial charge on any atom is 0.133 e. The third-order valence-electron chi connectivity index (χ3n) is 3.54. The van der Waals surface area contributed by atoms with Gasteiger partial charge in [0.15, 0.2) is 0 Å². The molecule has 112 valence electrons. The van der Waals surface area contributed by atoms with Crippen LogP contribution in [-0.2, 0) is 12.0 Å². The maximum atomic E-state index is 6.16. The molecule has 0 spiro atoms. The summed E-state index contributed by atoms with van der Waals surface area (Å²) >= 11 is 6.16. The molecule has 0 saturated heterocycles. The molecule has 0 unspecified atom stereocenters. The molecule has 0 saturated carbocycles. The van der Waals surface area contributed by atoms with E-state index in [9.17, 15) is 0 Å². The smallest absolute Gasteiger partial charge is 0.133 e. The fraction of sp³-hybridized carbons (Fsp3) is 0.333. The quantitative estimate of drug-likeness (QED) is 0.846. The van der Waals surface area contributed by atoms with Crippen molar-refractivity contribution in [1.82, 2.24) is 0 Å². The second kappa shape index (κ2) is 6.08. The van der Waals surface area contributed by atoms with Crippen molar-refractivity contribution in [2.75, 3.05) is 0 Å². The topological polar surface area (TPSA) is 35.2 Å². The summed E-state index contributed by atoms with van der Waals surface area (Å²) in [5.41, 5.74) is 9.11. The Morgan fingerprint density at radius 1 is 1.10 bits per heavy atom. The van der Waals surface area contributed by atoms with Gasteiger partial charge in [0.2, 0.25) is 0 Å². The minimum Gasteiger partial charge on any atom is -0.457 e. The third kappa shape index (κ3) is 3.58. The first-order chi connectivity index (χ1) is 9.82. The molecule has 0 aromatic heterocycles. The predicted octanol–water partition coefficient (Wildman–Crippen LogP) is 5.20. The lowest BCUT2D eigenvalue weighted by Crippen LogP contribution is -2.11. The van der Waals surface area contributed by atoms with Gasteiger partial charge < -0.3 is 10.5 Å². The van der Waals surface area contributed by atoms with Crippen molar-refractivity contribution in [2.24, 2.45) is 5.73 Å². The number of rotatable bonds is 3. The zero-order valence-corrected chi connectivity index (χ0v) is 13.8. The molecule has 2 aromatic carbocycles. The van der Waals surface area contributed by atoms with Gasteiger partial charge in [-0.1, -0.05) is 50.6 Å². The predicted molar refractivity (Wildman–Crippen MR) is 89.3 cm³/mol. The van der Waals surface area contributed by atoms with E-state index in [1.807, 2.05) is 24.3 Å². The lowest BCUT2D eigenvalue weighted by molar-refractivity contribution is 0.471. The van der Waals surface area contributed by atoms with E-state index < -0.39 is 0 Å². The van der Waals surface area contributed by atoms with Gasteiger partial charge in [0, 0.05) is 17.1 Å². The Labute approximate surface area is 131 Å². The van der Waals surface area contributed by atoms with E-state index in [1.54, 1.807) is 0 Å². The molecule has 0 atom stereocenters. The zero-order valence-electron chi connectivity index (χ0n) is 13.0. The van der Waals surface area contributed by atoms with E-state index >= 15 is 0 Å². The molecule has 2 aromatic rings. The van der Waals surface area contributed by atoms with Crippen molar-refractivity contribution in [1.29, 1.82) is 0 Å². The fourth-order valence-corrected chi connectivity index (χ4v) is 2.42. The van der Waals surface area contributed by atoms with Crippen LogP contribution in [0.4, 0.5) is 0 Å². The van der Waals surface area contributed by atoms with E-state index in [0.29, 0.717) is 11.6 Å². The summed E-state index contributed by atoms with van der Waals surface area (Å²) in [6.07, 6.45) is 0. The number of nitrogens with two attached hydrogens (primary N) is 1. The van der Waals surface area contributed by atoms with Crippen LogP contribution < -0.4 is 10.5 Å². The monoisotopic (exact) mass is 303 g/mol. The van der Waals surface area contributed by atoms with Crippen LogP contribution in [0.1, 0.15) is 37.5 Å². The molecule has 0 bridgehead atoms. The summed E-state index contributed by atoms with van der Waals surface area (Å²) in [7, 11) is 0. The summed E-state index contributed by atoms with van der Waals surface area (Å²) in [5.74, 6) is 1.55. The molecule has 0 aliphatic heterocycles. The van der Waals surface area contributed by atoms with Gasteiger partial charge >= 0.3 is 0 Å². The van der Waals surface area contributed by atoms with Crippen LogP contribution in [0.15, 0.2) is 36.4 Å². The molecule has 0 fully saturated rings. The molecule has 21 heavy (non-hydrogen) atoms.